The lowest BCUT2D eigenvalue weighted by Crippen LogP contribution is -2.33. The summed E-state index contributed by atoms with van der Waals surface area (Å²) in [5, 5.41) is 12.2. The molecule has 0 aliphatic rings. The third-order valence-corrected chi connectivity index (χ3v) is 3.97. The molecular weight excluding hydrogens is 283 g/mol. The van der Waals surface area contributed by atoms with Gasteiger partial charge in [-0.15, -0.1) is 0 Å². The van der Waals surface area contributed by atoms with E-state index in [0.717, 1.165) is 30.0 Å². The number of fused-ring (bicyclic) bond motifs is 3. The maximum Gasteiger partial charge on any atom is 0.379 e. The van der Waals surface area contributed by atoms with E-state index in [1.54, 1.807) is 10.8 Å². The van der Waals surface area contributed by atoms with Crippen LogP contribution in [0.15, 0.2) is 36.5 Å². The average molecular weight is 301 g/mol. The molecule has 0 amide bonds. The molecular formula is C17H18FN2O2+. The summed E-state index contributed by atoms with van der Waals surface area (Å²) in [5.41, 5.74) is 0.338. The average Bonchev–Trinajstić information content (AvgIpc) is 2.80. The molecule has 0 atom stereocenters. The topological polar surface area (TPSA) is 45.6 Å². The van der Waals surface area contributed by atoms with Crippen molar-refractivity contribution in [2.75, 3.05) is 0 Å². The van der Waals surface area contributed by atoms with E-state index >= 15 is 0 Å². The molecule has 5 heteroatoms. The Morgan fingerprint density at radius 3 is 2.77 bits per heavy atom. The van der Waals surface area contributed by atoms with Gasteiger partial charge >= 0.3 is 11.9 Å². The SMILES string of the molecule is CCCCC[n+]1c(O)c(C(=O)F)n2ccc3ccccc3c21. The Bertz CT molecular complexity index is 855. The van der Waals surface area contributed by atoms with E-state index in [0.29, 0.717) is 12.2 Å². The summed E-state index contributed by atoms with van der Waals surface area (Å²) in [4.78, 5) is 11.3. The van der Waals surface area contributed by atoms with Crippen LogP contribution >= 0.6 is 0 Å². The highest BCUT2D eigenvalue weighted by Gasteiger charge is 2.31. The number of pyridine rings is 1. The molecule has 3 aromatic rings. The summed E-state index contributed by atoms with van der Waals surface area (Å²) in [5.74, 6) is -0.306. The maximum absolute atomic E-state index is 13.4. The van der Waals surface area contributed by atoms with E-state index in [1.807, 2.05) is 30.3 Å². The van der Waals surface area contributed by atoms with Crippen LogP contribution < -0.4 is 4.57 Å². The molecule has 0 bridgehead atoms. The zero-order valence-corrected chi connectivity index (χ0v) is 12.4. The van der Waals surface area contributed by atoms with Gasteiger partial charge in [0, 0.05) is 0 Å². The second-order valence-corrected chi connectivity index (χ2v) is 5.40. The third-order valence-electron chi connectivity index (χ3n) is 3.97. The second kappa shape index (κ2) is 5.75. The van der Waals surface area contributed by atoms with Gasteiger partial charge in [0.25, 0.3) is 11.3 Å². The molecule has 2 aromatic heterocycles. The van der Waals surface area contributed by atoms with Crippen molar-refractivity contribution >= 4 is 22.5 Å². The summed E-state index contributed by atoms with van der Waals surface area (Å²) in [6.45, 7) is 2.64. The van der Waals surface area contributed by atoms with Crippen LogP contribution in [0.3, 0.4) is 0 Å². The van der Waals surface area contributed by atoms with Crippen molar-refractivity contribution in [3.63, 3.8) is 0 Å². The number of carbonyl (C=O) groups excluding carboxylic acids is 1. The van der Waals surface area contributed by atoms with Crippen molar-refractivity contribution in [1.82, 2.24) is 4.40 Å². The second-order valence-electron chi connectivity index (χ2n) is 5.40. The Hall–Kier alpha value is -2.43. The fourth-order valence-electron chi connectivity index (χ4n) is 2.91. The number of nitrogens with zero attached hydrogens (tertiary/aromatic N) is 2. The van der Waals surface area contributed by atoms with Gasteiger partial charge in [0.2, 0.25) is 0 Å². The van der Waals surface area contributed by atoms with E-state index in [2.05, 4.69) is 6.92 Å². The largest absolute Gasteiger partial charge is 0.474 e. The predicted molar refractivity (Wildman–Crippen MR) is 81.7 cm³/mol. The molecule has 4 nitrogen and oxygen atoms in total. The van der Waals surface area contributed by atoms with E-state index in [1.165, 1.54) is 4.40 Å². The van der Waals surface area contributed by atoms with Crippen molar-refractivity contribution in [3.05, 3.63) is 42.2 Å². The number of halogens is 1. The number of imidazole rings is 1. The Morgan fingerprint density at radius 1 is 1.27 bits per heavy atom. The number of hydrogen-bond donors (Lipinski definition) is 1. The number of carbonyl (C=O) groups is 1. The van der Waals surface area contributed by atoms with Gasteiger partial charge in [-0.2, -0.15) is 13.4 Å². The quantitative estimate of drug-likeness (QED) is 0.446. The Morgan fingerprint density at radius 2 is 2.05 bits per heavy atom. The molecule has 3 rings (SSSR count). The van der Waals surface area contributed by atoms with Gasteiger partial charge < -0.3 is 5.11 Å². The number of rotatable bonds is 5. The molecule has 0 spiro atoms. The molecule has 0 aliphatic carbocycles. The van der Waals surface area contributed by atoms with Crippen molar-refractivity contribution in [3.8, 4) is 5.88 Å². The fraction of sp³-hybridized carbons (Fsp3) is 0.294. The smallest absolute Gasteiger partial charge is 0.379 e. The Balaban J connectivity index is 2.32. The molecule has 1 N–H and O–H groups in total. The molecule has 0 saturated carbocycles. The first-order valence-electron chi connectivity index (χ1n) is 7.49. The van der Waals surface area contributed by atoms with E-state index in [4.69, 9.17) is 0 Å². The minimum atomic E-state index is -1.63. The minimum absolute atomic E-state index is 0.306. The van der Waals surface area contributed by atoms with Gasteiger partial charge in [-0.1, -0.05) is 31.5 Å². The monoisotopic (exact) mass is 301 g/mol. The predicted octanol–water partition coefficient (Wildman–Crippen LogP) is 3.39. The van der Waals surface area contributed by atoms with Gasteiger partial charge in [0.15, 0.2) is 0 Å². The third kappa shape index (κ3) is 2.22. The summed E-state index contributed by atoms with van der Waals surface area (Å²) >= 11 is 0. The normalized spacial score (nSPS) is 11.4. The number of hydrogen-bond acceptors (Lipinski definition) is 2. The fourth-order valence-corrected chi connectivity index (χ4v) is 2.91. The van der Waals surface area contributed by atoms with Crippen LogP contribution in [0.1, 0.15) is 36.7 Å². The van der Waals surface area contributed by atoms with E-state index in [9.17, 15) is 14.3 Å². The molecule has 22 heavy (non-hydrogen) atoms. The Kier molecular flexibility index (Phi) is 3.79. The zero-order chi connectivity index (χ0) is 15.7. The summed E-state index contributed by atoms with van der Waals surface area (Å²) in [6, 6.07) is 7.85. The van der Waals surface area contributed by atoms with Crippen LogP contribution in [0.2, 0.25) is 0 Å². The molecule has 0 saturated heterocycles. The van der Waals surface area contributed by atoms with Crippen LogP contribution in [0.25, 0.3) is 16.4 Å². The van der Waals surface area contributed by atoms with E-state index < -0.39 is 6.04 Å². The van der Waals surface area contributed by atoms with Crippen LogP contribution in [0, 0.1) is 0 Å². The first kappa shape index (κ1) is 14.5. The lowest BCUT2D eigenvalue weighted by atomic mass is 10.1. The van der Waals surface area contributed by atoms with E-state index in [-0.39, 0.29) is 11.6 Å². The zero-order valence-electron chi connectivity index (χ0n) is 12.4. The first-order chi connectivity index (χ1) is 10.6. The van der Waals surface area contributed by atoms with Crippen LogP contribution in [0.5, 0.6) is 5.88 Å². The summed E-state index contributed by atoms with van der Waals surface area (Å²) < 4.78 is 16.5. The molecule has 0 radical (unpaired) electrons. The lowest BCUT2D eigenvalue weighted by Gasteiger charge is -2.01. The number of aromatic hydroxyl groups is 1. The summed E-state index contributed by atoms with van der Waals surface area (Å²) in [6.07, 6.45) is 4.54. The van der Waals surface area contributed by atoms with Crippen molar-refractivity contribution < 1.29 is 18.9 Å². The highest BCUT2D eigenvalue weighted by Crippen LogP contribution is 2.25. The minimum Gasteiger partial charge on any atom is -0.474 e. The molecule has 0 aliphatic heterocycles. The van der Waals surface area contributed by atoms with Gasteiger partial charge in [-0.3, -0.25) is 4.79 Å². The summed E-state index contributed by atoms with van der Waals surface area (Å²) in [7, 11) is 0. The van der Waals surface area contributed by atoms with Crippen LogP contribution in [-0.2, 0) is 6.54 Å². The van der Waals surface area contributed by atoms with Crippen LogP contribution in [0.4, 0.5) is 4.39 Å². The van der Waals surface area contributed by atoms with Crippen molar-refractivity contribution in [2.45, 2.75) is 32.7 Å². The van der Waals surface area contributed by atoms with Crippen molar-refractivity contribution in [1.29, 1.82) is 0 Å². The number of aryl methyl sites for hydroxylation is 1. The lowest BCUT2D eigenvalue weighted by molar-refractivity contribution is -0.676. The molecule has 114 valence electrons. The number of unbranched alkanes of at least 4 members (excludes halogenated alkanes) is 2. The standard InChI is InChI=1S/C17H17FN2O2/c1-2-3-6-10-20-16-13-8-5-4-7-12(13)9-11-19(16)14(15(18)21)17(20)22/h4-5,7-9,11H,2-3,6,10H2,1H3/p+1. The molecule has 0 fully saturated rings. The molecule has 0 unspecified atom stereocenters. The van der Waals surface area contributed by atoms with Gasteiger partial charge in [-0.05, 0) is 30.4 Å². The maximum atomic E-state index is 13.4. The van der Waals surface area contributed by atoms with Crippen LogP contribution in [-0.4, -0.2) is 15.5 Å². The van der Waals surface area contributed by atoms with Crippen molar-refractivity contribution in [2.24, 2.45) is 0 Å². The van der Waals surface area contributed by atoms with Gasteiger partial charge in [-0.25, -0.2) is 0 Å². The van der Waals surface area contributed by atoms with Gasteiger partial charge in [0.1, 0.15) is 0 Å². The highest BCUT2D eigenvalue weighted by atomic mass is 19.1. The molecule has 2 heterocycles. The number of benzene rings is 1. The number of aromatic nitrogens is 2. The highest BCUT2D eigenvalue weighted by molar-refractivity contribution is 5.96. The molecule has 1 aromatic carbocycles. The Labute approximate surface area is 127 Å². The first-order valence-corrected chi connectivity index (χ1v) is 7.49. The van der Waals surface area contributed by atoms with Gasteiger partial charge in [0.05, 0.1) is 18.1 Å².